The first-order valence-corrected chi connectivity index (χ1v) is 8.77. The number of carbonyl (C=O) groups excluding carboxylic acids is 2. The average Bonchev–Trinajstić information content (AvgIpc) is 3.00. The zero-order chi connectivity index (χ0) is 19.3. The number of hydrogen-bond acceptors (Lipinski definition) is 5. The molecule has 2 amide bonds. The second-order valence-electron chi connectivity index (χ2n) is 6.75. The van der Waals surface area contributed by atoms with Gasteiger partial charge in [0.1, 0.15) is 0 Å². The zero-order valence-electron chi connectivity index (χ0n) is 15.6. The second-order valence-corrected chi connectivity index (χ2v) is 6.75. The smallest absolute Gasteiger partial charge is 0.429 e. The molecule has 2 rings (SSSR count). The summed E-state index contributed by atoms with van der Waals surface area (Å²) < 4.78 is 10.4. The number of nitrogens with zero attached hydrogens (tertiary/aromatic N) is 1. The second kappa shape index (κ2) is 8.60. The molecule has 1 aromatic carbocycles. The number of nitrogens with two attached hydrogens (primary N) is 1. The van der Waals surface area contributed by atoms with Gasteiger partial charge in [-0.2, -0.15) is 0 Å². The van der Waals surface area contributed by atoms with E-state index in [0.717, 1.165) is 5.56 Å². The minimum Gasteiger partial charge on any atom is -0.446 e. The number of rotatable bonds is 4. The summed E-state index contributed by atoms with van der Waals surface area (Å²) in [7, 11) is 0. The molecule has 0 saturated carbocycles. The van der Waals surface area contributed by atoms with E-state index < -0.39 is 12.2 Å². The third kappa shape index (κ3) is 4.91. The molecule has 0 unspecified atom stereocenters. The van der Waals surface area contributed by atoms with Crippen LogP contribution in [0.4, 0.5) is 15.3 Å². The van der Waals surface area contributed by atoms with Gasteiger partial charge in [-0.15, -0.1) is 0 Å². The number of amides is 2. The van der Waals surface area contributed by atoms with Crippen LogP contribution >= 0.6 is 0 Å². The van der Waals surface area contributed by atoms with E-state index in [1.807, 2.05) is 36.4 Å². The molecule has 0 radical (unpaired) electrons. The largest absolute Gasteiger partial charge is 0.446 e. The Morgan fingerprint density at radius 3 is 2.42 bits per heavy atom. The predicted molar refractivity (Wildman–Crippen MR) is 99.3 cm³/mol. The van der Waals surface area contributed by atoms with Gasteiger partial charge in [0.2, 0.25) is 0 Å². The van der Waals surface area contributed by atoms with E-state index in [1.165, 1.54) is 5.01 Å². The zero-order valence-corrected chi connectivity index (χ0v) is 15.6. The fourth-order valence-electron chi connectivity index (χ4n) is 2.89. The summed E-state index contributed by atoms with van der Waals surface area (Å²) in [6, 6.07) is 7.13. The maximum atomic E-state index is 12.6. The Morgan fingerprint density at radius 2 is 1.81 bits per heavy atom. The number of carbonyl (C=O) groups is 2. The summed E-state index contributed by atoms with van der Waals surface area (Å²) >= 11 is 0. The molecule has 0 heterocycles. The molecule has 0 spiro atoms. The molecule has 3 N–H and O–H groups in total. The molecule has 1 aliphatic carbocycles. The van der Waals surface area contributed by atoms with Crippen molar-refractivity contribution in [3.05, 3.63) is 42.0 Å². The van der Waals surface area contributed by atoms with Crippen LogP contribution < -0.4 is 11.2 Å². The fourth-order valence-corrected chi connectivity index (χ4v) is 2.89. The first-order valence-electron chi connectivity index (χ1n) is 8.77. The van der Waals surface area contributed by atoms with Gasteiger partial charge in [-0.3, -0.25) is 0 Å². The lowest BCUT2D eigenvalue weighted by Crippen LogP contribution is -2.54. The number of ether oxygens (including phenoxy) is 2. The number of anilines is 1. The van der Waals surface area contributed by atoms with E-state index >= 15 is 0 Å². The van der Waals surface area contributed by atoms with E-state index in [9.17, 15) is 9.59 Å². The number of hydrazine groups is 1. The van der Waals surface area contributed by atoms with Gasteiger partial charge in [0.25, 0.3) is 0 Å². The summed E-state index contributed by atoms with van der Waals surface area (Å²) in [6.07, 6.45) is 2.56. The van der Waals surface area contributed by atoms with Gasteiger partial charge in [0.05, 0.1) is 18.2 Å². The molecule has 7 heteroatoms. The minimum absolute atomic E-state index is 0.157. The van der Waals surface area contributed by atoms with Gasteiger partial charge >= 0.3 is 12.2 Å². The summed E-state index contributed by atoms with van der Waals surface area (Å²) in [5.74, 6) is -0.157. The molecule has 7 nitrogen and oxygen atoms in total. The highest BCUT2D eigenvalue weighted by atomic mass is 16.6. The number of benzene rings is 1. The fraction of sp³-hybridized carbons (Fsp3) is 0.474. The molecule has 0 saturated heterocycles. The van der Waals surface area contributed by atoms with Gasteiger partial charge in [-0.1, -0.05) is 30.4 Å². The van der Waals surface area contributed by atoms with E-state index in [4.69, 9.17) is 15.2 Å². The lowest BCUT2D eigenvalue weighted by atomic mass is 9.93. The van der Waals surface area contributed by atoms with Crippen LogP contribution in [0.5, 0.6) is 0 Å². The van der Waals surface area contributed by atoms with E-state index in [2.05, 4.69) is 5.43 Å². The van der Waals surface area contributed by atoms with Crippen LogP contribution in [0.25, 0.3) is 0 Å². The molecule has 0 fully saturated rings. The van der Waals surface area contributed by atoms with Crippen LogP contribution in [0, 0.1) is 0 Å². The maximum absolute atomic E-state index is 12.6. The van der Waals surface area contributed by atoms with E-state index in [1.54, 1.807) is 27.7 Å². The van der Waals surface area contributed by atoms with Crippen LogP contribution in [-0.2, 0) is 9.47 Å². The number of nitrogens with one attached hydrogen (secondary N) is 1. The maximum Gasteiger partial charge on any atom is 0.429 e. The molecule has 1 aromatic rings. The van der Waals surface area contributed by atoms with Crippen molar-refractivity contribution in [2.24, 2.45) is 0 Å². The first kappa shape index (κ1) is 19.6. The van der Waals surface area contributed by atoms with Crippen molar-refractivity contribution in [2.45, 2.75) is 58.3 Å². The van der Waals surface area contributed by atoms with Gasteiger partial charge in [0, 0.05) is 11.6 Å². The molecule has 2 atom stereocenters. The van der Waals surface area contributed by atoms with Crippen molar-refractivity contribution in [3.8, 4) is 0 Å². The highest BCUT2D eigenvalue weighted by molar-refractivity contribution is 5.75. The molecule has 0 aliphatic heterocycles. The average molecular weight is 361 g/mol. The Bertz CT molecular complexity index is 673. The minimum atomic E-state index is -0.701. The summed E-state index contributed by atoms with van der Waals surface area (Å²) in [5, 5.41) is 1.21. The Labute approximate surface area is 154 Å². The van der Waals surface area contributed by atoms with Crippen molar-refractivity contribution in [2.75, 3.05) is 5.73 Å². The summed E-state index contributed by atoms with van der Waals surface area (Å²) in [6.45, 7) is 6.98. The normalized spacial score (nSPS) is 18.8. The predicted octanol–water partition coefficient (Wildman–Crippen LogP) is 3.58. The first-order chi connectivity index (χ1) is 12.3. The van der Waals surface area contributed by atoms with Gasteiger partial charge < -0.3 is 15.2 Å². The molecule has 0 bridgehead atoms. The summed E-state index contributed by atoms with van der Waals surface area (Å²) in [5.41, 5.74) is 10.2. The van der Waals surface area contributed by atoms with Crippen LogP contribution in [0.1, 0.15) is 45.6 Å². The third-order valence-corrected chi connectivity index (χ3v) is 3.91. The van der Waals surface area contributed by atoms with Crippen molar-refractivity contribution < 1.29 is 19.1 Å². The number of para-hydroxylation sites is 1. The Hall–Kier alpha value is -2.70. The van der Waals surface area contributed by atoms with Gasteiger partial charge in [-0.05, 0) is 45.7 Å². The third-order valence-electron chi connectivity index (χ3n) is 3.91. The van der Waals surface area contributed by atoms with Gasteiger partial charge in [0.15, 0.2) is 0 Å². The summed E-state index contributed by atoms with van der Waals surface area (Å²) in [4.78, 5) is 24.7. The SMILES string of the molecule is CC(C)OC(=O)NN(C(=O)OC(C)C)[C@H]1CC=C[C@@H]1c1ccccc1N. The van der Waals surface area contributed by atoms with Crippen LogP contribution in [0.2, 0.25) is 0 Å². The van der Waals surface area contributed by atoms with Crippen LogP contribution in [-0.4, -0.2) is 35.4 Å². The van der Waals surface area contributed by atoms with E-state index in [-0.39, 0.29) is 24.2 Å². The van der Waals surface area contributed by atoms with Crippen molar-refractivity contribution in [3.63, 3.8) is 0 Å². The molecular weight excluding hydrogens is 334 g/mol. The Kier molecular flexibility index (Phi) is 6.49. The molecule has 1 aliphatic rings. The standard InChI is InChI=1S/C19H27N3O4/c1-12(2)25-18(23)21-22(19(24)26-13(3)4)17-11-7-9-15(17)14-8-5-6-10-16(14)20/h5-10,12-13,15,17H,11,20H2,1-4H3,(H,21,23)/t15-,17+/m1/s1. The topological polar surface area (TPSA) is 93.9 Å². The van der Waals surface area contributed by atoms with Gasteiger partial charge in [-0.25, -0.2) is 20.0 Å². The monoisotopic (exact) mass is 361 g/mol. The molecule has 0 aromatic heterocycles. The molecular formula is C19H27N3O4. The van der Waals surface area contributed by atoms with E-state index in [0.29, 0.717) is 12.1 Å². The quantitative estimate of drug-likeness (QED) is 0.486. The van der Waals surface area contributed by atoms with Crippen molar-refractivity contribution in [1.82, 2.24) is 10.4 Å². The molecule has 26 heavy (non-hydrogen) atoms. The van der Waals surface area contributed by atoms with Crippen molar-refractivity contribution >= 4 is 17.9 Å². The Morgan fingerprint density at radius 1 is 1.15 bits per heavy atom. The van der Waals surface area contributed by atoms with Crippen LogP contribution in [0.15, 0.2) is 36.4 Å². The number of nitrogen functional groups attached to an aromatic ring is 1. The Balaban J connectivity index is 2.26. The lowest BCUT2D eigenvalue weighted by molar-refractivity contribution is 0.0306. The highest BCUT2D eigenvalue weighted by Crippen LogP contribution is 2.35. The lowest BCUT2D eigenvalue weighted by Gasteiger charge is -2.33. The molecule has 142 valence electrons. The number of hydrogen-bond donors (Lipinski definition) is 2. The highest BCUT2D eigenvalue weighted by Gasteiger charge is 2.36. The van der Waals surface area contributed by atoms with Crippen molar-refractivity contribution in [1.29, 1.82) is 0 Å². The van der Waals surface area contributed by atoms with Crippen LogP contribution in [0.3, 0.4) is 0 Å².